The van der Waals surface area contributed by atoms with Gasteiger partial charge >= 0.3 is 6.36 Å². The Balaban J connectivity index is 2.16. The molecule has 0 bridgehead atoms. The van der Waals surface area contributed by atoms with Gasteiger partial charge in [-0.1, -0.05) is 48.6 Å². The number of hydrogen-bond acceptors (Lipinski definition) is 1. The lowest BCUT2D eigenvalue weighted by Gasteiger charge is -2.22. The summed E-state index contributed by atoms with van der Waals surface area (Å²) in [5.41, 5.74) is 1.48. The molecular formula is C14H9F3O. The summed E-state index contributed by atoms with van der Waals surface area (Å²) in [4.78, 5) is 0. The van der Waals surface area contributed by atoms with Crippen molar-refractivity contribution in [1.29, 1.82) is 0 Å². The van der Waals surface area contributed by atoms with Crippen LogP contribution in [0, 0.1) is 0 Å². The van der Waals surface area contributed by atoms with E-state index in [0.717, 1.165) is 16.3 Å². The zero-order valence-electron chi connectivity index (χ0n) is 9.24. The molecule has 3 rings (SSSR count). The summed E-state index contributed by atoms with van der Waals surface area (Å²) >= 11 is 0. The second-order valence-electron chi connectivity index (χ2n) is 4.14. The predicted octanol–water partition coefficient (Wildman–Crippen LogP) is 4.44. The molecule has 1 unspecified atom stereocenters. The van der Waals surface area contributed by atoms with Crippen LogP contribution in [-0.4, -0.2) is 6.36 Å². The summed E-state index contributed by atoms with van der Waals surface area (Å²) in [7, 11) is 0. The maximum Gasteiger partial charge on any atom is 0.523 e. The smallest absolute Gasteiger partial charge is 0.279 e. The van der Waals surface area contributed by atoms with Gasteiger partial charge in [-0.15, -0.1) is 13.2 Å². The molecule has 0 spiro atoms. The summed E-state index contributed by atoms with van der Waals surface area (Å²) in [6.07, 6.45) is -2.59. The summed E-state index contributed by atoms with van der Waals surface area (Å²) in [6, 6.07) is 10.9. The molecule has 0 heterocycles. The van der Waals surface area contributed by atoms with Gasteiger partial charge in [0.05, 0.1) is 0 Å². The van der Waals surface area contributed by atoms with Crippen LogP contribution in [0.1, 0.15) is 17.2 Å². The van der Waals surface area contributed by atoms with Crippen LogP contribution in [0.3, 0.4) is 0 Å². The summed E-state index contributed by atoms with van der Waals surface area (Å²) in [6.45, 7) is 0. The van der Waals surface area contributed by atoms with E-state index in [4.69, 9.17) is 0 Å². The Labute approximate surface area is 101 Å². The number of rotatable bonds is 1. The maximum atomic E-state index is 12.3. The van der Waals surface area contributed by atoms with Crippen LogP contribution in [0.4, 0.5) is 13.2 Å². The molecule has 0 radical (unpaired) electrons. The highest BCUT2D eigenvalue weighted by Crippen LogP contribution is 2.38. The number of benzene rings is 2. The molecule has 2 aromatic rings. The van der Waals surface area contributed by atoms with Crippen LogP contribution in [0.5, 0.6) is 0 Å². The minimum atomic E-state index is -4.64. The van der Waals surface area contributed by atoms with Gasteiger partial charge in [0.1, 0.15) is 6.10 Å². The Kier molecular flexibility index (Phi) is 2.41. The molecule has 92 valence electrons. The van der Waals surface area contributed by atoms with Gasteiger partial charge in [0.2, 0.25) is 0 Å². The molecule has 1 aliphatic rings. The van der Waals surface area contributed by atoms with Gasteiger partial charge < -0.3 is 0 Å². The Morgan fingerprint density at radius 1 is 1.00 bits per heavy atom. The second kappa shape index (κ2) is 3.85. The molecule has 0 saturated heterocycles. The van der Waals surface area contributed by atoms with Crippen molar-refractivity contribution in [1.82, 2.24) is 0 Å². The SMILES string of the molecule is FC(F)(F)OC1C=Cc2cccc3cccc1c23. The normalized spacial score (nSPS) is 18.3. The van der Waals surface area contributed by atoms with Crippen molar-refractivity contribution in [2.75, 3.05) is 0 Å². The average Bonchev–Trinajstić information content (AvgIpc) is 2.32. The molecule has 0 aromatic heterocycles. The molecule has 2 aromatic carbocycles. The third kappa shape index (κ3) is 1.88. The molecule has 0 amide bonds. The molecule has 0 saturated carbocycles. The maximum absolute atomic E-state index is 12.3. The molecule has 0 aliphatic heterocycles. The Bertz CT molecular complexity index is 623. The lowest BCUT2D eigenvalue weighted by Crippen LogP contribution is -2.18. The fourth-order valence-electron chi connectivity index (χ4n) is 2.32. The van der Waals surface area contributed by atoms with E-state index in [1.54, 1.807) is 18.2 Å². The molecule has 18 heavy (non-hydrogen) atoms. The minimum absolute atomic E-state index is 0.558. The molecule has 1 aliphatic carbocycles. The van der Waals surface area contributed by atoms with E-state index in [9.17, 15) is 13.2 Å². The fourth-order valence-corrected chi connectivity index (χ4v) is 2.32. The van der Waals surface area contributed by atoms with Gasteiger partial charge in [-0.05, 0) is 21.9 Å². The number of hydrogen-bond donors (Lipinski definition) is 0. The molecule has 0 N–H and O–H groups in total. The molecule has 1 nitrogen and oxygen atoms in total. The first-order valence-corrected chi connectivity index (χ1v) is 5.49. The van der Waals surface area contributed by atoms with Crippen LogP contribution >= 0.6 is 0 Å². The Morgan fingerprint density at radius 3 is 2.44 bits per heavy atom. The monoisotopic (exact) mass is 250 g/mol. The first-order valence-electron chi connectivity index (χ1n) is 5.49. The van der Waals surface area contributed by atoms with Crippen molar-refractivity contribution in [2.24, 2.45) is 0 Å². The number of halogens is 3. The zero-order valence-corrected chi connectivity index (χ0v) is 9.24. The highest BCUT2D eigenvalue weighted by atomic mass is 19.4. The van der Waals surface area contributed by atoms with Gasteiger partial charge in [-0.25, -0.2) is 0 Å². The van der Waals surface area contributed by atoms with Crippen molar-refractivity contribution in [3.05, 3.63) is 53.6 Å². The fraction of sp³-hybridized carbons (Fsp3) is 0.143. The highest BCUT2D eigenvalue weighted by molar-refractivity contribution is 5.95. The second-order valence-corrected chi connectivity index (χ2v) is 4.14. The zero-order chi connectivity index (χ0) is 12.8. The third-order valence-corrected chi connectivity index (χ3v) is 2.99. The summed E-state index contributed by atoms with van der Waals surface area (Å²) < 4.78 is 41.2. The van der Waals surface area contributed by atoms with E-state index in [1.807, 2.05) is 24.3 Å². The molecule has 0 fully saturated rings. The number of alkyl halides is 3. The largest absolute Gasteiger partial charge is 0.523 e. The summed E-state index contributed by atoms with van der Waals surface area (Å²) in [5.74, 6) is 0. The Hall–Kier alpha value is -1.81. The van der Waals surface area contributed by atoms with Crippen LogP contribution in [0.25, 0.3) is 16.8 Å². The van der Waals surface area contributed by atoms with E-state index in [0.29, 0.717) is 5.56 Å². The van der Waals surface area contributed by atoms with E-state index in [2.05, 4.69) is 4.74 Å². The average molecular weight is 250 g/mol. The topological polar surface area (TPSA) is 9.23 Å². The lowest BCUT2D eigenvalue weighted by molar-refractivity contribution is -0.338. The van der Waals surface area contributed by atoms with Gasteiger partial charge in [0, 0.05) is 0 Å². The predicted molar refractivity (Wildman–Crippen MR) is 62.9 cm³/mol. The van der Waals surface area contributed by atoms with Crippen molar-refractivity contribution >= 4 is 16.8 Å². The molecule has 4 heteroatoms. The van der Waals surface area contributed by atoms with Crippen LogP contribution in [0.2, 0.25) is 0 Å². The molecular weight excluding hydrogens is 241 g/mol. The van der Waals surface area contributed by atoms with E-state index in [-0.39, 0.29) is 0 Å². The van der Waals surface area contributed by atoms with Gasteiger partial charge in [0.15, 0.2) is 0 Å². The highest BCUT2D eigenvalue weighted by Gasteiger charge is 2.34. The third-order valence-electron chi connectivity index (χ3n) is 2.99. The van der Waals surface area contributed by atoms with Crippen molar-refractivity contribution < 1.29 is 17.9 Å². The Morgan fingerprint density at radius 2 is 1.72 bits per heavy atom. The first kappa shape index (κ1) is 11.3. The van der Waals surface area contributed by atoms with E-state index in [1.165, 1.54) is 6.08 Å². The first-order chi connectivity index (χ1) is 8.54. The van der Waals surface area contributed by atoms with E-state index >= 15 is 0 Å². The van der Waals surface area contributed by atoms with Crippen LogP contribution in [0.15, 0.2) is 42.5 Å². The minimum Gasteiger partial charge on any atom is -0.279 e. The van der Waals surface area contributed by atoms with Crippen molar-refractivity contribution in [3.63, 3.8) is 0 Å². The van der Waals surface area contributed by atoms with Crippen molar-refractivity contribution in [3.8, 4) is 0 Å². The van der Waals surface area contributed by atoms with E-state index < -0.39 is 12.5 Å². The van der Waals surface area contributed by atoms with Crippen molar-refractivity contribution in [2.45, 2.75) is 12.5 Å². The quantitative estimate of drug-likeness (QED) is 0.726. The van der Waals surface area contributed by atoms with Gasteiger partial charge in [0.25, 0.3) is 0 Å². The van der Waals surface area contributed by atoms with Crippen LogP contribution in [-0.2, 0) is 4.74 Å². The number of ether oxygens (including phenoxy) is 1. The van der Waals surface area contributed by atoms with Gasteiger partial charge in [-0.3, -0.25) is 4.74 Å². The molecule has 1 atom stereocenters. The van der Waals surface area contributed by atoms with Crippen LogP contribution < -0.4 is 0 Å². The standard InChI is InChI=1S/C14H9F3O/c15-14(16,17)18-12-8-7-10-4-1-3-9-5-2-6-11(12)13(9)10/h1-8,12H. The lowest BCUT2D eigenvalue weighted by atomic mass is 9.91. The van der Waals surface area contributed by atoms with Gasteiger partial charge in [-0.2, -0.15) is 0 Å². The summed E-state index contributed by atoms with van der Waals surface area (Å²) in [5, 5.41) is 1.75.